The molecule has 1 saturated carbocycles. The average molecular weight is 475 g/mol. The molecular formula is C21H23BrN4O4. The zero-order valence-electron chi connectivity index (χ0n) is 16.6. The van der Waals surface area contributed by atoms with Crippen molar-refractivity contribution in [2.75, 3.05) is 0 Å². The fourth-order valence-corrected chi connectivity index (χ4v) is 4.64. The molecule has 2 heterocycles. The Morgan fingerprint density at radius 3 is 2.47 bits per heavy atom. The van der Waals surface area contributed by atoms with Crippen LogP contribution in [0, 0.1) is 0 Å². The Morgan fingerprint density at radius 2 is 1.83 bits per heavy atom. The van der Waals surface area contributed by atoms with Gasteiger partial charge in [-0.2, -0.15) is 5.10 Å². The molecule has 158 valence electrons. The Balaban J connectivity index is 1.77. The molecule has 1 atom stereocenters. The highest BCUT2D eigenvalue weighted by Crippen LogP contribution is 2.35. The molecule has 0 saturated heterocycles. The predicted molar refractivity (Wildman–Crippen MR) is 116 cm³/mol. The number of rotatable bonds is 3. The summed E-state index contributed by atoms with van der Waals surface area (Å²) in [5, 5.41) is 16.6. The maximum atomic E-state index is 12.6. The van der Waals surface area contributed by atoms with Crippen LogP contribution in [0.5, 0.6) is 5.88 Å². The van der Waals surface area contributed by atoms with E-state index in [0.29, 0.717) is 5.71 Å². The van der Waals surface area contributed by atoms with Crippen molar-refractivity contribution in [3.05, 3.63) is 60.7 Å². The number of H-pyrrole nitrogens is 1. The lowest BCUT2D eigenvalue weighted by molar-refractivity contribution is -0.130. The molecule has 0 unspecified atom stereocenters. The van der Waals surface area contributed by atoms with Gasteiger partial charge in [0.1, 0.15) is 5.56 Å². The number of carbonyl (C=O) groups is 1. The lowest BCUT2D eigenvalue weighted by atomic mass is 9.95. The lowest BCUT2D eigenvalue weighted by Gasteiger charge is -2.25. The number of carbonyl (C=O) groups excluding carboxylic acids is 1. The van der Waals surface area contributed by atoms with Crippen molar-refractivity contribution in [2.45, 2.75) is 57.5 Å². The zero-order valence-corrected chi connectivity index (χ0v) is 18.2. The number of hydrogen-bond acceptors (Lipinski definition) is 5. The maximum absolute atomic E-state index is 12.6. The normalized spacial score (nSPS) is 19.7. The predicted octanol–water partition coefficient (Wildman–Crippen LogP) is 3.21. The van der Waals surface area contributed by atoms with Gasteiger partial charge in [0.15, 0.2) is 0 Å². The van der Waals surface area contributed by atoms with Crippen LogP contribution in [0.1, 0.15) is 68.7 Å². The molecule has 9 heteroatoms. The number of halogens is 1. The van der Waals surface area contributed by atoms with Crippen LogP contribution in [0.3, 0.4) is 0 Å². The summed E-state index contributed by atoms with van der Waals surface area (Å²) in [6, 6.07) is 6.97. The van der Waals surface area contributed by atoms with Gasteiger partial charge in [-0.15, -0.1) is 0 Å². The van der Waals surface area contributed by atoms with E-state index in [2.05, 4.69) is 26.0 Å². The van der Waals surface area contributed by atoms with Crippen LogP contribution in [0.15, 0.2) is 43.4 Å². The van der Waals surface area contributed by atoms with Crippen LogP contribution >= 0.6 is 15.9 Å². The minimum absolute atomic E-state index is 0.0361. The van der Waals surface area contributed by atoms with E-state index < -0.39 is 11.2 Å². The van der Waals surface area contributed by atoms with Crippen LogP contribution in [-0.4, -0.2) is 31.3 Å². The van der Waals surface area contributed by atoms with Gasteiger partial charge >= 0.3 is 5.69 Å². The first kappa shape index (κ1) is 20.6. The van der Waals surface area contributed by atoms with Crippen LogP contribution in [0.2, 0.25) is 0 Å². The number of aromatic amines is 1. The molecule has 4 rings (SSSR count). The largest absolute Gasteiger partial charge is 0.494 e. The highest BCUT2D eigenvalue weighted by molar-refractivity contribution is 9.10. The van der Waals surface area contributed by atoms with Gasteiger partial charge in [0.25, 0.3) is 5.56 Å². The second kappa shape index (κ2) is 8.22. The Labute approximate surface area is 181 Å². The summed E-state index contributed by atoms with van der Waals surface area (Å²) >= 11 is 3.40. The van der Waals surface area contributed by atoms with Crippen LogP contribution in [0.4, 0.5) is 0 Å². The summed E-state index contributed by atoms with van der Waals surface area (Å²) in [4.78, 5) is 39.6. The van der Waals surface area contributed by atoms with Crippen molar-refractivity contribution < 1.29 is 9.90 Å². The fourth-order valence-electron chi connectivity index (χ4n) is 4.37. The van der Waals surface area contributed by atoms with Gasteiger partial charge in [-0.3, -0.25) is 19.1 Å². The topological polar surface area (TPSA) is 108 Å². The third-order valence-electron chi connectivity index (χ3n) is 5.83. The Hall–Kier alpha value is -2.68. The fraction of sp³-hybridized carbons (Fsp3) is 0.429. The summed E-state index contributed by atoms with van der Waals surface area (Å²) in [7, 11) is 0. The van der Waals surface area contributed by atoms with Crippen molar-refractivity contribution in [3.63, 3.8) is 0 Å². The summed E-state index contributed by atoms with van der Waals surface area (Å²) in [5.74, 6) is -0.635. The molecule has 0 spiro atoms. The summed E-state index contributed by atoms with van der Waals surface area (Å²) in [6.45, 7) is 1.41. The Kier molecular flexibility index (Phi) is 5.64. The van der Waals surface area contributed by atoms with Gasteiger partial charge in [-0.25, -0.2) is 9.80 Å². The van der Waals surface area contributed by atoms with Gasteiger partial charge < -0.3 is 5.11 Å². The first-order valence-electron chi connectivity index (χ1n) is 10.1. The van der Waals surface area contributed by atoms with E-state index in [4.69, 9.17) is 0 Å². The van der Waals surface area contributed by atoms with E-state index in [9.17, 15) is 19.5 Å². The van der Waals surface area contributed by atoms with Crippen molar-refractivity contribution in [1.29, 1.82) is 0 Å². The van der Waals surface area contributed by atoms with Crippen LogP contribution in [0.25, 0.3) is 0 Å². The molecule has 8 nitrogen and oxygen atoms in total. The monoisotopic (exact) mass is 474 g/mol. The first-order valence-corrected chi connectivity index (χ1v) is 10.9. The molecule has 1 aromatic heterocycles. The maximum Gasteiger partial charge on any atom is 0.331 e. The quantitative estimate of drug-likeness (QED) is 0.711. The van der Waals surface area contributed by atoms with E-state index in [0.717, 1.165) is 42.1 Å². The number of hydrogen-bond donors (Lipinski definition) is 2. The third-order valence-corrected chi connectivity index (χ3v) is 6.36. The lowest BCUT2D eigenvalue weighted by Crippen LogP contribution is -2.36. The van der Waals surface area contributed by atoms with Crippen molar-refractivity contribution in [3.8, 4) is 5.88 Å². The third kappa shape index (κ3) is 3.74. The van der Waals surface area contributed by atoms with Crippen molar-refractivity contribution in [1.82, 2.24) is 14.6 Å². The highest BCUT2D eigenvalue weighted by Gasteiger charge is 2.35. The molecule has 1 aliphatic heterocycles. The summed E-state index contributed by atoms with van der Waals surface area (Å²) in [5.41, 5.74) is -0.181. The Morgan fingerprint density at radius 1 is 1.17 bits per heavy atom. The minimum atomic E-state index is -0.691. The molecule has 2 N–H and O–H groups in total. The number of hydrazone groups is 1. The molecular weight excluding hydrogens is 452 g/mol. The van der Waals surface area contributed by atoms with E-state index in [1.165, 1.54) is 16.5 Å². The van der Waals surface area contributed by atoms with Gasteiger partial charge in [-0.1, -0.05) is 47.3 Å². The van der Waals surface area contributed by atoms with Crippen LogP contribution in [-0.2, 0) is 4.79 Å². The number of nitrogens with one attached hydrogen (secondary N) is 1. The van der Waals surface area contributed by atoms with Gasteiger partial charge in [-0.05, 0) is 30.5 Å². The van der Waals surface area contributed by atoms with E-state index in [1.807, 2.05) is 24.3 Å². The average Bonchev–Trinajstić information content (AvgIpc) is 3.14. The number of amides is 1. The van der Waals surface area contributed by atoms with Crippen LogP contribution < -0.4 is 11.2 Å². The molecule has 1 aliphatic carbocycles. The molecule has 30 heavy (non-hydrogen) atoms. The van der Waals surface area contributed by atoms with Crippen molar-refractivity contribution in [2.24, 2.45) is 5.10 Å². The molecule has 1 fully saturated rings. The van der Waals surface area contributed by atoms with E-state index in [1.54, 1.807) is 0 Å². The highest BCUT2D eigenvalue weighted by atomic mass is 79.9. The summed E-state index contributed by atoms with van der Waals surface area (Å²) in [6.07, 6.45) is 4.84. The molecule has 2 aliphatic rings. The SMILES string of the molecule is CC(=O)N1N=C(c2c(O)n(C3CCCCC3)c(=O)[nH]c2=O)C[C@@H]1c1ccc(Br)cc1. The molecule has 1 amide bonds. The number of benzene rings is 1. The van der Waals surface area contributed by atoms with E-state index in [-0.39, 0.29) is 35.9 Å². The van der Waals surface area contributed by atoms with E-state index >= 15 is 0 Å². The molecule has 2 aromatic rings. The molecule has 0 bridgehead atoms. The summed E-state index contributed by atoms with van der Waals surface area (Å²) < 4.78 is 2.19. The smallest absolute Gasteiger partial charge is 0.331 e. The van der Waals surface area contributed by atoms with Gasteiger partial charge in [0, 0.05) is 23.9 Å². The molecule has 1 aromatic carbocycles. The number of aromatic nitrogens is 2. The molecule has 0 radical (unpaired) electrons. The van der Waals surface area contributed by atoms with Gasteiger partial charge in [0.2, 0.25) is 11.8 Å². The minimum Gasteiger partial charge on any atom is -0.494 e. The van der Waals surface area contributed by atoms with Gasteiger partial charge in [0.05, 0.1) is 11.8 Å². The first-order chi connectivity index (χ1) is 14.4. The standard InChI is InChI=1S/C21H23BrN4O4/c1-12(27)26-17(13-7-9-14(22)10-8-13)11-16(24-26)18-19(28)23-21(30)25(20(18)29)15-5-3-2-4-6-15/h7-10,15,17,29H,2-6,11H2,1H3,(H,23,28,30)/t17-/m1/s1. The second-order valence-electron chi connectivity index (χ2n) is 7.80. The second-order valence-corrected chi connectivity index (χ2v) is 8.72. The number of nitrogens with zero attached hydrogens (tertiary/aromatic N) is 3. The number of aromatic hydroxyl groups is 1. The zero-order chi connectivity index (χ0) is 21.4. The Bertz CT molecular complexity index is 1110. The van der Waals surface area contributed by atoms with Crippen molar-refractivity contribution >= 4 is 27.5 Å².